The Balaban J connectivity index is 1.35. The van der Waals surface area contributed by atoms with E-state index in [2.05, 4.69) is 5.32 Å². The Morgan fingerprint density at radius 2 is 1.65 bits per heavy atom. The molecule has 0 spiro atoms. The molecule has 4 aliphatic rings. The van der Waals surface area contributed by atoms with E-state index >= 15 is 0 Å². The third kappa shape index (κ3) is 3.60. The maximum Gasteiger partial charge on any atom is 0.259 e. The quantitative estimate of drug-likeness (QED) is 0.668. The Bertz CT molecular complexity index is 1080. The molecule has 0 aliphatic carbocycles. The van der Waals surface area contributed by atoms with Gasteiger partial charge in [-0.3, -0.25) is 19.7 Å². The number of hydrogen-bond donors (Lipinski definition) is 1. The van der Waals surface area contributed by atoms with E-state index in [1.807, 2.05) is 74.5 Å². The Morgan fingerprint density at radius 1 is 0.941 bits per heavy atom. The molecule has 4 aliphatic heterocycles. The lowest BCUT2D eigenvalue weighted by Gasteiger charge is -2.35. The van der Waals surface area contributed by atoms with Crippen LogP contribution in [-0.4, -0.2) is 54.3 Å². The molecule has 1 N–H and O–H groups in total. The van der Waals surface area contributed by atoms with Gasteiger partial charge >= 0.3 is 0 Å². The number of anilines is 1. The van der Waals surface area contributed by atoms with E-state index in [0.717, 1.165) is 5.56 Å². The van der Waals surface area contributed by atoms with E-state index in [-0.39, 0.29) is 5.91 Å². The average molecular weight is 466 g/mol. The Morgan fingerprint density at radius 3 is 2.38 bits per heavy atom. The molecule has 2 unspecified atom stereocenters. The summed E-state index contributed by atoms with van der Waals surface area (Å²) in [6, 6.07) is 18.5. The second kappa shape index (κ2) is 8.14. The highest BCUT2D eigenvalue weighted by Gasteiger charge is 2.65. The zero-order valence-electron chi connectivity index (χ0n) is 18.8. The van der Waals surface area contributed by atoms with Crippen LogP contribution in [0.25, 0.3) is 0 Å². The Labute approximate surface area is 196 Å². The predicted octanol–water partition coefficient (Wildman–Crippen LogP) is 1.91. The highest BCUT2D eigenvalue weighted by molar-refractivity contribution is 6.07. The number of rotatable bonds is 5. The van der Waals surface area contributed by atoms with Crippen LogP contribution in [0.15, 0.2) is 60.7 Å². The maximum absolute atomic E-state index is 12.8. The molecule has 34 heavy (non-hydrogen) atoms. The molecule has 7 atom stereocenters. The summed E-state index contributed by atoms with van der Waals surface area (Å²) in [7, 11) is 0. The molecule has 9 heteroatoms. The number of ether oxygens (including phenoxy) is 4. The summed E-state index contributed by atoms with van der Waals surface area (Å²) in [5.41, 5.74) is 1.71. The van der Waals surface area contributed by atoms with Crippen molar-refractivity contribution in [2.45, 2.75) is 63.0 Å². The number of carbonyl (C=O) groups excluding carboxylic acids is 2. The van der Waals surface area contributed by atoms with Crippen LogP contribution in [0, 0.1) is 5.92 Å². The molecule has 178 valence electrons. The van der Waals surface area contributed by atoms with Crippen LogP contribution in [0.5, 0.6) is 0 Å². The standard InChI is InChI=1S/C25H26N2O7/c1-25(2)32-21-20(30-13-14-9-5-3-6-10-14)19(31-24(21)33-25)17-16-18(23(29)26-22(16)28)34-27(17)15-11-7-4-8-12-15/h3-12,16-21,24H,13H2,1-2H3,(H,26,28,29)/t16-,17+,18+,19+,20-,21?,24?/m0/s1. The van der Waals surface area contributed by atoms with Crippen LogP contribution in [0.1, 0.15) is 19.4 Å². The number of nitrogens with zero attached hydrogens (tertiary/aromatic N) is 1. The molecule has 6 rings (SSSR count). The first-order valence-corrected chi connectivity index (χ1v) is 11.4. The van der Waals surface area contributed by atoms with Crippen molar-refractivity contribution in [3.63, 3.8) is 0 Å². The van der Waals surface area contributed by atoms with E-state index < -0.39 is 54.4 Å². The van der Waals surface area contributed by atoms with Crippen molar-refractivity contribution in [3.8, 4) is 0 Å². The minimum Gasteiger partial charge on any atom is -0.368 e. The normalized spacial score (nSPS) is 35.9. The van der Waals surface area contributed by atoms with Gasteiger partial charge in [-0.1, -0.05) is 48.5 Å². The van der Waals surface area contributed by atoms with Gasteiger partial charge in [0, 0.05) is 0 Å². The van der Waals surface area contributed by atoms with Crippen LogP contribution in [0.4, 0.5) is 5.69 Å². The monoisotopic (exact) mass is 466 g/mol. The SMILES string of the molecule is CC1(C)OC2O[C@H]([C@H]3[C@@H]4C(=O)NC(=O)[C@@H]4ON3c3ccccc3)[C@H](OCc3ccccc3)C2O1. The van der Waals surface area contributed by atoms with Crippen molar-refractivity contribution in [1.82, 2.24) is 5.32 Å². The highest BCUT2D eigenvalue weighted by Crippen LogP contribution is 2.46. The first kappa shape index (κ1) is 21.7. The van der Waals surface area contributed by atoms with Crippen LogP contribution in [0.3, 0.4) is 0 Å². The minimum absolute atomic E-state index is 0.330. The number of imide groups is 1. The van der Waals surface area contributed by atoms with Gasteiger partial charge in [-0.25, -0.2) is 5.06 Å². The number of amides is 2. The van der Waals surface area contributed by atoms with E-state index in [4.69, 9.17) is 23.8 Å². The van der Waals surface area contributed by atoms with Gasteiger partial charge in [-0.15, -0.1) is 0 Å². The summed E-state index contributed by atoms with van der Waals surface area (Å²) in [5, 5.41) is 4.00. The number of hydrogen-bond acceptors (Lipinski definition) is 8. The fourth-order valence-corrected chi connectivity index (χ4v) is 5.24. The predicted molar refractivity (Wildman–Crippen MR) is 118 cm³/mol. The van der Waals surface area contributed by atoms with Gasteiger partial charge in [0.25, 0.3) is 5.91 Å². The molecule has 0 bridgehead atoms. The summed E-state index contributed by atoms with van der Waals surface area (Å²) in [5.74, 6) is -2.43. The topological polar surface area (TPSA) is 95.6 Å². The third-order valence-corrected chi connectivity index (χ3v) is 6.66. The first-order chi connectivity index (χ1) is 16.4. The number of para-hydroxylation sites is 1. The Hall–Kier alpha value is -2.82. The molecule has 2 aromatic carbocycles. The molecule has 4 fully saturated rings. The van der Waals surface area contributed by atoms with Crippen molar-refractivity contribution in [2.24, 2.45) is 5.92 Å². The van der Waals surface area contributed by atoms with Gasteiger partial charge in [0.15, 0.2) is 18.2 Å². The van der Waals surface area contributed by atoms with Crippen LogP contribution < -0.4 is 10.4 Å². The van der Waals surface area contributed by atoms with Gasteiger partial charge in [0.2, 0.25) is 5.91 Å². The molecule has 9 nitrogen and oxygen atoms in total. The van der Waals surface area contributed by atoms with Gasteiger partial charge in [-0.05, 0) is 31.5 Å². The first-order valence-electron chi connectivity index (χ1n) is 11.4. The zero-order valence-corrected chi connectivity index (χ0v) is 18.8. The number of hydroxylamine groups is 1. The second-order valence-corrected chi connectivity index (χ2v) is 9.39. The molecule has 0 aromatic heterocycles. The molecule has 4 heterocycles. The molecule has 2 aromatic rings. The number of fused-ring (bicyclic) bond motifs is 2. The van der Waals surface area contributed by atoms with Crippen molar-refractivity contribution in [3.05, 3.63) is 66.2 Å². The molecule has 0 saturated carbocycles. The highest BCUT2D eigenvalue weighted by atomic mass is 16.8. The van der Waals surface area contributed by atoms with Crippen molar-refractivity contribution < 1.29 is 33.4 Å². The number of carbonyl (C=O) groups is 2. The maximum atomic E-state index is 12.8. The summed E-state index contributed by atoms with van der Waals surface area (Å²) < 4.78 is 24.9. The number of nitrogens with one attached hydrogen (secondary N) is 1. The fourth-order valence-electron chi connectivity index (χ4n) is 5.24. The van der Waals surface area contributed by atoms with Crippen LogP contribution in [-0.2, 0) is 40.0 Å². The lowest BCUT2D eigenvalue weighted by molar-refractivity contribution is -0.222. The smallest absolute Gasteiger partial charge is 0.259 e. The van der Waals surface area contributed by atoms with E-state index in [0.29, 0.717) is 12.3 Å². The van der Waals surface area contributed by atoms with Gasteiger partial charge < -0.3 is 18.9 Å². The fraction of sp³-hybridized carbons (Fsp3) is 0.440. The minimum atomic E-state index is -0.935. The lowest BCUT2D eigenvalue weighted by Crippen LogP contribution is -2.52. The van der Waals surface area contributed by atoms with Crippen molar-refractivity contribution in [1.29, 1.82) is 0 Å². The molecule has 0 radical (unpaired) electrons. The summed E-state index contributed by atoms with van der Waals surface area (Å²) in [6.45, 7) is 3.98. The van der Waals surface area contributed by atoms with Crippen molar-refractivity contribution in [2.75, 3.05) is 5.06 Å². The molecular formula is C25H26N2O7. The summed E-state index contributed by atoms with van der Waals surface area (Å²) in [6.07, 6.45) is -3.32. The second-order valence-electron chi connectivity index (χ2n) is 9.39. The van der Waals surface area contributed by atoms with Gasteiger partial charge in [0.05, 0.1) is 12.3 Å². The summed E-state index contributed by atoms with van der Waals surface area (Å²) in [4.78, 5) is 31.4. The molecule has 2 amide bonds. The number of benzene rings is 2. The largest absolute Gasteiger partial charge is 0.368 e. The Kier molecular flexibility index (Phi) is 5.20. The van der Waals surface area contributed by atoms with Crippen molar-refractivity contribution >= 4 is 17.5 Å². The molecular weight excluding hydrogens is 440 g/mol. The third-order valence-electron chi connectivity index (χ3n) is 6.66. The van der Waals surface area contributed by atoms with Gasteiger partial charge in [-0.2, -0.15) is 0 Å². The molecule has 4 saturated heterocycles. The van der Waals surface area contributed by atoms with Crippen LogP contribution >= 0.6 is 0 Å². The van der Waals surface area contributed by atoms with E-state index in [1.54, 1.807) is 5.06 Å². The summed E-state index contributed by atoms with van der Waals surface area (Å²) >= 11 is 0. The van der Waals surface area contributed by atoms with E-state index in [9.17, 15) is 9.59 Å². The zero-order chi connectivity index (χ0) is 23.4. The van der Waals surface area contributed by atoms with E-state index in [1.165, 1.54) is 0 Å². The average Bonchev–Trinajstić information content (AvgIpc) is 3.52. The van der Waals surface area contributed by atoms with Gasteiger partial charge in [0.1, 0.15) is 30.3 Å². The lowest BCUT2D eigenvalue weighted by atomic mass is 9.89. The van der Waals surface area contributed by atoms with Crippen LogP contribution in [0.2, 0.25) is 0 Å².